The summed E-state index contributed by atoms with van der Waals surface area (Å²) >= 11 is 5.71. The molecular weight excluding hydrogens is 305 g/mol. The molecule has 7 heteroatoms. The van der Waals surface area contributed by atoms with Crippen LogP contribution in [0, 0.1) is 0 Å². The number of halogens is 4. The summed E-state index contributed by atoms with van der Waals surface area (Å²) in [5, 5.41) is 2.13. The molecule has 0 atom stereocenters. The van der Waals surface area contributed by atoms with Crippen LogP contribution in [0.25, 0.3) is 0 Å². The molecule has 0 radical (unpaired) electrons. The van der Waals surface area contributed by atoms with Crippen molar-refractivity contribution in [1.82, 2.24) is 4.98 Å². The van der Waals surface area contributed by atoms with Gasteiger partial charge in [-0.25, -0.2) is 4.98 Å². The standard InChI is InChI=1S/C14H10ClF3N2O/c15-11-7-10(14(16,17)18)8-19-13(11)20-12(21)6-9-4-2-1-3-5-9/h1-5,7-8H,6H2,(H,19,20,21). The first-order chi connectivity index (χ1) is 9.86. The van der Waals surface area contributed by atoms with Gasteiger partial charge >= 0.3 is 6.18 Å². The quantitative estimate of drug-likeness (QED) is 0.932. The Morgan fingerprint density at radius 1 is 1.24 bits per heavy atom. The van der Waals surface area contributed by atoms with Crippen molar-refractivity contribution in [1.29, 1.82) is 0 Å². The molecule has 0 aliphatic carbocycles. The SMILES string of the molecule is O=C(Cc1ccccc1)Nc1ncc(C(F)(F)F)cc1Cl. The molecule has 0 fully saturated rings. The summed E-state index contributed by atoms with van der Waals surface area (Å²) in [4.78, 5) is 15.3. The Morgan fingerprint density at radius 3 is 2.48 bits per heavy atom. The largest absolute Gasteiger partial charge is 0.417 e. The van der Waals surface area contributed by atoms with E-state index in [0.29, 0.717) is 6.20 Å². The molecule has 1 aromatic heterocycles. The van der Waals surface area contributed by atoms with Gasteiger partial charge in [0.05, 0.1) is 17.0 Å². The van der Waals surface area contributed by atoms with Crippen LogP contribution < -0.4 is 5.32 Å². The van der Waals surface area contributed by atoms with Crippen LogP contribution in [0.3, 0.4) is 0 Å². The van der Waals surface area contributed by atoms with Crippen LogP contribution in [0.4, 0.5) is 19.0 Å². The Hall–Kier alpha value is -2.08. The molecular formula is C14H10ClF3N2O. The second-order valence-corrected chi connectivity index (χ2v) is 4.67. The molecule has 0 saturated carbocycles. The zero-order valence-corrected chi connectivity index (χ0v) is 11.4. The van der Waals surface area contributed by atoms with E-state index in [2.05, 4.69) is 10.3 Å². The second kappa shape index (κ2) is 6.13. The Labute approximate surface area is 123 Å². The van der Waals surface area contributed by atoms with E-state index >= 15 is 0 Å². The highest BCUT2D eigenvalue weighted by Gasteiger charge is 2.31. The van der Waals surface area contributed by atoms with E-state index in [1.807, 2.05) is 6.07 Å². The summed E-state index contributed by atoms with van der Waals surface area (Å²) in [5.74, 6) is -0.499. The van der Waals surface area contributed by atoms with E-state index in [1.165, 1.54) is 0 Å². The van der Waals surface area contributed by atoms with E-state index in [4.69, 9.17) is 11.6 Å². The lowest BCUT2D eigenvalue weighted by Crippen LogP contribution is -2.16. The predicted molar refractivity (Wildman–Crippen MR) is 73.0 cm³/mol. The van der Waals surface area contributed by atoms with Gasteiger partial charge in [-0.1, -0.05) is 41.9 Å². The van der Waals surface area contributed by atoms with Crippen molar-refractivity contribution in [2.45, 2.75) is 12.6 Å². The fourth-order valence-corrected chi connectivity index (χ4v) is 1.86. The Morgan fingerprint density at radius 2 is 1.90 bits per heavy atom. The molecule has 2 rings (SSSR count). The van der Waals surface area contributed by atoms with Crippen molar-refractivity contribution in [2.24, 2.45) is 0 Å². The van der Waals surface area contributed by atoms with Gasteiger partial charge in [0.1, 0.15) is 0 Å². The predicted octanol–water partition coefficient (Wildman–Crippen LogP) is 3.94. The number of pyridine rings is 1. The minimum absolute atomic E-state index is 0.0832. The van der Waals surface area contributed by atoms with E-state index < -0.39 is 17.6 Å². The van der Waals surface area contributed by atoms with Gasteiger partial charge in [-0.15, -0.1) is 0 Å². The summed E-state index contributed by atoms with van der Waals surface area (Å²) in [5.41, 5.74) is -0.188. The van der Waals surface area contributed by atoms with Gasteiger partial charge in [0.25, 0.3) is 0 Å². The molecule has 21 heavy (non-hydrogen) atoms. The third-order valence-electron chi connectivity index (χ3n) is 2.63. The van der Waals surface area contributed by atoms with E-state index in [0.717, 1.165) is 11.6 Å². The van der Waals surface area contributed by atoms with Crippen LogP contribution in [0.1, 0.15) is 11.1 Å². The molecule has 110 valence electrons. The van der Waals surface area contributed by atoms with E-state index in [1.54, 1.807) is 24.3 Å². The average molecular weight is 315 g/mol. The first-order valence-electron chi connectivity index (χ1n) is 5.93. The molecule has 3 nitrogen and oxygen atoms in total. The number of amides is 1. The molecule has 0 aliphatic heterocycles. The van der Waals surface area contributed by atoms with Crippen LogP contribution >= 0.6 is 11.6 Å². The van der Waals surface area contributed by atoms with Crippen molar-refractivity contribution in [3.63, 3.8) is 0 Å². The van der Waals surface area contributed by atoms with Crippen molar-refractivity contribution in [2.75, 3.05) is 5.32 Å². The van der Waals surface area contributed by atoms with Crippen molar-refractivity contribution >= 4 is 23.3 Å². The van der Waals surface area contributed by atoms with Gasteiger partial charge < -0.3 is 5.32 Å². The van der Waals surface area contributed by atoms with Crippen molar-refractivity contribution < 1.29 is 18.0 Å². The molecule has 0 aliphatic rings. The number of hydrogen-bond donors (Lipinski definition) is 1. The smallest absolute Gasteiger partial charge is 0.309 e. The lowest BCUT2D eigenvalue weighted by Gasteiger charge is -2.10. The number of rotatable bonds is 3. The molecule has 1 amide bonds. The topological polar surface area (TPSA) is 42.0 Å². The zero-order valence-electron chi connectivity index (χ0n) is 10.6. The normalized spacial score (nSPS) is 11.2. The van der Waals surface area contributed by atoms with E-state index in [9.17, 15) is 18.0 Å². The van der Waals surface area contributed by atoms with Crippen LogP contribution in [-0.2, 0) is 17.4 Å². The molecule has 1 aromatic carbocycles. The van der Waals surface area contributed by atoms with Crippen LogP contribution in [0.15, 0.2) is 42.6 Å². The number of anilines is 1. The third-order valence-corrected chi connectivity index (χ3v) is 2.92. The Bertz CT molecular complexity index is 644. The average Bonchev–Trinajstić information content (AvgIpc) is 2.41. The number of alkyl halides is 3. The fourth-order valence-electron chi connectivity index (χ4n) is 1.64. The minimum Gasteiger partial charge on any atom is -0.309 e. The molecule has 0 bridgehead atoms. The molecule has 2 aromatic rings. The summed E-state index contributed by atoms with van der Waals surface area (Å²) in [6, 6.07) is 9.64. The second-order valence-electron chi connectivity index (χ2n) is 4.26. The monoisotopic (exact) mass is 314 g/mol. The van der Waals surface area contributed by atoms with E-state index in [-0.39, 0.29) is 17.3 Å². The number of nitrogens with zero attached hydrogens (tertiary/aromatic N) is 1. The fraction of sp³-hybridized carbons (Fsp3) is 0.143. The van der Waals surface area contributed by atoms with Crippen LogP contribution in [-0.4, -0.2) is 10.9 Å². The number of carbonyl (C=O) groups excluding carboxylic acids is 1. The maximum Gasteiger partial charge on any atom is 0.417 e. The third kappa shape index (κ3) is 4.19. The van der Waals surface area contributed by atoms with Crippen LogP contribution in [0.5, 0.6) is 0 Å². The van der Waals surface area contributed by atoms with Gasteiger partial charge in [-0.3, -0.25) is 4.79 Å². The lowest BCUT2D eigenvalue weighted by atomic mass is 10.1. The molecule has 1 N–H and O–H groups in total. The Balaban J connectivity index is 2.08. The molecule has 0 unspecified atom stereocenters. The number of nitrogens with one attached hydrogen (secondary N) is 1. The summed E-state index contributed by atoms with van der Waals surface area (Å²) < 4.78 is 37.4. The number of benzene rings is 1. The number of carbonyl (C=O) groups is 1. The zero-order chi connectivity index (χ0) is 15.5. The van der Waals surface area contributed by atoms with Gasteiger partial charge in [0.2, 0.25) is 5.91 Å². The van der Waals surface area contributed by atoms with Gasteiger partial charge in [-0.2, -0.15) is 13.2 Å². The van der Waals surface area contributed by atoms with Gasteiger partial charge in [-0.05, 0) is 11.6 Å². The number of aromatic nitrogens is 1. The highest BCUT2D eigenvalue weighted by atomic mass is 35.5. The van der Waals surface area contributed by atoms with Crippen molar-refractivity contribution in [3.05, 3.63) is 58.7 Å². The number of hydrogen-bond acceptors (Lipinski definition) is 2. The maximum atomic E-state index is 12.5. The minimum atomic E-state index is -4.52. The molecule has 0 spiro atoms. The first kappa shape index (κ1) is 15.3. The highest BCUT2D eigenvalue weighted by molar-refractivity contribution is 6.33. The summed E-state index contributed by atoms with van der Waals surface area (Å²) in [6.07, 6.45) is -3.81. The molecule has 1 heterocycles. The van der Waals surface area contributed by atoms with Gasteiger partial charge in [0.15, 0.2) is 5.82 Å². The Kier molecular flexibility index (Phi) is 4.47. The lowest BCUT2D eigenvalue weighted by molar-refractivity contribution is -0.137. The summed E-state index contributed by atoms with van der Waals surface area (Å²) in [7, 11) is 0. The highest BCUT2D eigenvalue weighted by Crippen LogP contribution is 2.32. The van der Waals surface area contributed by atoms with Gasteiger partial charge in [0, 0.05) is 6.20 Å². The summed E-state index contributed by atoms with van der Waals surface area (Å²) in [6.45, 7) is 0. The van der Waals surface area contributed by atoms with Crippen molar-refractivity contribution in [3.8, 4) is 0 Å². The first-order valence-corrected chi connectivity index (χ1v) is 6.30. The maximum absolute atomic E-state index is 12.5. The van der Waals surface area contributed by atoms with Crippen LogP contribution in [0.2, 0.25) is 5.02 Å². The molecule has 0 saturated heterocycles.